The number of carbonyl (C=O) groups excluding carboxylic acids is 1. The van der Waals surface area contributed by atoms with Crippen molar-refractivity contribution in [2.45, 2.75) is 32.4 Å². The minimum absolute atomic E-state index is 0.126. The second-order valence-corrected chi connectivity index (χ2v) is 7.71. The largest absolute Gasteiger partial charge is 0.433 e. The molecule has 3 rings (SSSR count). The highest BCUT2D eigenvalue weighted by Gasteiger charge is 2.33. The summed E-state index contributed by atoms with van der Waals surface area (Å²) in [6.07, 6.45) is -8.96. The van der Waals surface area contributed by atoms with Gasteiger partial charge in [0.2, 0.25) is 0 Å². The minimum atomic E-state index is -4.57. The first kappa shape index (κ1) is 23.0. The predicted octanol–water partition coefficient (Wildman–Crippen LogP) is 5.63. The minimum Gasteiger partial charge on any atom is -0.367 e. The summed E-state index contributed by atoms with van der Waals surface area (Å²) < 4.78 is 79.4. The number of alkyl halides is 6. The Labute approximate surface area is 176 Å². The number of benzene rings is 1. The molecule has 1 aromatic carbocycles. The summed E-state index contributed by atoms with van der Waals surface area (Å²) in [6, 6.07) is 8.64. The molecular formula is C20H16F6N2O2S. The van der Waals surface area contributed by atoms with E-state index in [1.807, 2.05) is 0 Å². The van der Waals surface area contributed by atoms with E-state index in [1.165, 1.54) is 6.07 Å². The van der Waals surface area contributed by atoms with Gasteiger partial charge in [-0.2, -0.15) is 26.3 Å². The third-order valence-corrected chi connectivity index (χ3v) is 5.51. The number of pyridine rings is 1. The number of nitrogens with zero attached hydrogens (tertiary/aromatic N) is 1. The van der Waals surface area contributed by atoms with Crippen LogP contribution in [0.5, 0.6) is 0 Å². The fraction of sp³-hybridized carbons (Fsp3) is 0.300. The van der Waals surface area contributed by atoms with Gasteiger partial charge < -0.3 is 10.1 Å². The van der Waals surface area contributed by atoms with Crippen LogP contribution in [0.2, 0.25) is 0 Å². The summed E-state index contributed by atoms with van der Waals surface area (Å²) in [5, 5.41) is 3.16. The number of nitrogens with one attached hydrogen (secondary N) is 1. The van der Waals surface area contributed by atoms with Crippen molar-refractivity contribution in [3.05, 3.63) is 63.7 Å². The summed E-state index contributed by atoms with van der Waals surface area (Å²) in [6.45, 7) is 0.245. The van der Waals surface area contributed by atoms with E-state index in [-0.39, 0.29) is 22.9 Å². The maximum Gasteiger partial charge on any atom is 0.433 e. The van der Waals surface area contributed by atoms with Gasteiger partial charge in [0.1, 0.15) is 17.1 Å². The Morgan fingerprint density at radius 1 is 1.03 bits per heavy atom. The Morgan fingerprint density at radius 3 is 2.29 bits per heavy atom. The molecule has 4 nitrogen and oxygen atoms in total. The molecule has 1 amide bonds. The van der Waals surface area contributed by atoms with E-state index in [0.29, 0.717) is 22.1 Å². The molecule has 0 radical (unpaired) electrons. The lowest BCUT2D eigenvalue weighted by atomic mass is 10.1. The molecule has 2 heterocycles. The maximum atomic E-state index is 12.8. The molecule has 0 spiro atoms. The number of carbonyl (C=O) groups is 1. The van der Waals surface area contributed by atoms with Crippen molar-refractivity contribution < 1.29 is 35.9 Å². The lowest BCUT2D eigenvalue weighted by Gasteiger charge is -2.09. The smallest absolute Gasteiger partial charge is 0.367 e. The summed E-state index contributed by atoms with van der Waals surface area (Å²) in [7, 11) is 0. The van der Waals surface area contributed by atoms with Crippen molar-refractivity contribution in [1.29, 1.82) is 0 Å². The van der Waals surface area contributed by atoms with Gasteiger partial charge in [0, 0.05) is 11.9 Å². The number of hydrogen-bond donors (Lipinski definition) is 1. The summed E-state index contributed by atoms with van der Waals surface area (Å²) >= 11 is 0.879. The highest BCUT2D eigenvalue weighted by Crippen LogP contribution is 2.34. The van der Waals surface area contributed by atoms with Gasteiger partial charge in [-0.15, -0.1) is 11.3 Å². The molecule has 0 aliphatic rings. The standard InChI is InChI=1S/C20H16F6N2O2S/c1-11-14-6-7-15(20(24,25)26)28-18(14)31-16(11)17(29)27-8-12-2-4-13(5-3-12)9-30-10-19(21,22)23/h2-7H,8-10H2,1H3,(H,27,29). The van der Waals surface area contributed by atoms with E-state index in [0.717, 1.165) is 17.4 Å². The maximum absolute atomic E-state index is 12.8. The van der Waals surface area contributed by atoms with Crippen LogP contribution < -0.4 is 5.32 Å². The molecular weight excluding hydrogens is 446 g/mol. The van der Waals surface area contributed by atoms with Crippen molar-refractivity contribution in [3.63, 3.8) is 0 Å². The Kier molecular flexibility index (Phi) is 6.56. The van der Waals surface area contributed by atoms with Crippen molar-refractivity contribution in [2.24, 2.45) is 0 Å². The first-order chi connectivity index (χ1) is 14.4. The number of aromatic nitrogens is 1. The number of aryl methyl sites for hydroxylation is 1. The van der Waals surface area contributed by atoms with Crippen LogP contribution in [-0.4, -0.2) is 23.7 Å². The van der Waals surface area contributed by atoms with E-state index in [4.69, 9.17) is 0 Å². The van der Waals surface area contributed by atoms with Crippen molar-refractivity contribution in [2.75, 3.05) is 6.61 Å². The zero-order valence-corrected chi connectivity index (χ0v) is 16.8. The molecule has 0 saturated carbocycles. The predicted molar refractivity (Wildman–Crippen MR) is 103 cm³/mol. The monoisotopic (exact) mass is 462 g/mol. The van der Waals surface area contributed by atoms with Gasteiger partial charge in [-0.05, 0) is 35.7 Å². The van der Waals surface area contributed by atoms with Crippen molar-refractivity contribution >= 4 is 27.5 Å². The van der Waals surface area contributed by atoms with E-state index in [2.05, 4.69) is 15.0 Å². The van der Waals surface area contributed by atoms with Gasteiger partial charge in [0.15, 0.2) is 0 Å². The molecule has 0 saturated heterocycles. The molecule has 0 aliphatic carbocycles. The van der Waals surface area contributed by atoms with Crippen LogP contribution >= 0.6 is 11.3 Å². The lowest BCUT2D eigenvalue weighted by molar-refractivity contribution is -0.176. The molecule has 0 atom stereocenters. The highest BCUT2D eigenvalue weighted by molar-refractivity contribution is 7.20. The molecule has 0 fully saturated rings. The van der Waals surface area contributed by atoms with Crippen LogP contribution in [-0.2, 0) is 24.1 Å². The van der Waals surface area contributed by atoms with Gasteiger partial charge in [-0.3, -0.25) is 4.79 Å². The molecule has 11 heteroatoms. The molecule has 0 bridgehead atoms. The van der Waals surface area contributed by atoms with E-state index in [9.17, 15) is 31.1 Å². The number of hydrogen-bond acceptors (Lipinski definition) is 4. The van der Waals surface area contributed by atoms with E-state index < -0.39 is 30.6 Å². The summed E-state index contributed by atoms with van der Waals surface area (Å²) in [5.41, 5.74) is 0.763. The molecule has 2 aromatic heterocycles. The Bertz CT molecular complexity index is 1070. The third kappa shape index (κ3) is 5.95. The van der Waals surface area contributed by atoms with Gasteiger partial charge >= 0.3 is 12.4 Å². The number of rotatable bonds is 6. The lowest BCUT2D eigenvalue weighted by Crippen LogP contribution is -2.22. The van der Waals surface area contributed by atoms with Crippen LogP contribution in [0, 0.1) is 6.92 Å². The second kappa shape index (κ2) is 8.83. The first-order valence-electron chi connectivity index (χ1n) is 8.92. The van der Waals surface area contributed by atoms with E-state index in [1.54, 1.807) is 31.2 Å². The van der Waals surface area contributed by atoms with Crippen LogP contribution in [0.1, 0.15) is 32.1 Å². The molecule has 31 heavy (non-hydrogen) atoms. The Hall–Kier alpha value is -2.66. The average Bonchev–Trinajstić information content (AvgIpc) is 3.02. The first-order valence-corrected chi connectivity index (χ1v) is 9.73. The summed E-state index contributed by atoms with van der Waals surface area (Å²) in [4.78, 5) is 16.5. The van der Waals surface area contributed by atoms with Crippen LogP contribution in [0.15, 0.2) is 36.4 Å². The number of halogens is 6. The molecule has 1 N–H and O–H groups in total. The number of fused-ring (bicyclic) bond motifs is 1. The van der Waals surface area contributed by atoms with Crippen LogP contribution in [0.25, 0.3) is 10.2 Å². The van der Waals surface area contributed by atoms with Gasteiger partial charge in [0.05, 0.1) is 11.5 Å². The SMILES string of the molecule is Cc1c(C(=O)NCc2ccc(COCC(F)(F)F)cc2)sc2nc(C(F)(F)F)ccc12. The zero-order chi connectivity index (χ0) is 22.8. The van der Waals surface area contributed by atoms with Gasteiger partial charge in [0.25, 0.3) is 5.91 Å². The topological polar surface area (TPSA) is 51.2 Å². The quantitative estimate of drug-likeness (QED) is 0.483. The molecule has 3 aromatic rings. The van der Waals surface area contributed by atoms with Gasteiger partial charge in [-0.25, -0.2) is 4.98 Å². The fourth-order valence-corrected chi connectivity index (χ4v) is 3.87. The average molecular weight is 462 g/mol. The highest BCUT2D eigenvalue weighted by atomic mass is 32.1. The second-order valence-electron chi connectivity index (χ2n) is 6.71. The molecule has 0 unspecified atom stereocenters. The van der Waals surface area contributed by atoms with E-state index >= 15 is 0 Å². The Morgan fingerprint density at radius 2 is 1.68 bits per heavy atom. The molecule has 166 valence electrons. The van der Waals surface area contributed by atoms with Crippen LogP contribution in [0.3, 0.4) is 0 Å². The number of amides is 1. The van der Waals surface area contributed by atoms with Crippen molar-refractivity contribution in [3.8, 4) is 0 Å². The number of ether oxygens (including phenoxy) is 1. The number of thiophene rings is 1. The van der Waals surface area contributed by atoms with Crippen LogP contribution in [0.4, 0.5) is 26.3 Å². The third-order valence-electron chi connectivity index (χ3n) is 4.31. The zero-order valence-electron chi connectivity index (χ0n) is 16.0. The van der Waals surface area contributed by atoms with Gasteiger partial charge in [-0.1, -0.05) is 24.3 Å². The summed E-state index contributed by atoms with van der Waals surface area (Å²) in [5.74, 6) is -0.452. The molecule has 0 aliphatic heterocycles. The normalized spacial score (nSPS) is 12.4. The fourth-order valence-electron chi connectivity index (χ4n) is 2.77. The van der Waals surface area contributed by atoms with Crippen molar-refractivity contribution in [1.82, 2.24) is 10.3 Å². The Balaban J connectivity index is 1.63.